The minimum absolute atomic E-state index is 0.428. The van der Waals surface area contributed by atoms with Gasteiger partial charge in [-0.05, 0) is 30.3 Å². The molecule has 0 radical (unpaired) electrons. The molecule has 0 saturated carbocycles. The fraction of sp³-hybridized carbons (Fsp3) is 0.0833. The Bertz CT molecular complexity index is 471. The summed E-state index contributed by atoms with van der Waals surface area (Å²) in [5.74, 6) is 1.36. The number of hydrogen-bond donors (Lipinski definition) is 1. The fourth-order valence-electron chi connectivity index (χ4n) is 1.26. The van der Waals surface area contributed by atoms with Gasteiger partial charge in [0.15, 0.2) is 0 Å². The van der Waals surface area contributed by atoms with E-state index in [0.717, 1.165) is 5.69 Å². The first kappa shape index (κ1) is 10.9. The molecule has 1 aromatic heterocycles. The number of nitrogens with zero attached hydrogens (tertiary/aromatic N) is 1. The highest BCUT2D eigenvalue weighted by molar-refractivity contribution is 6.30. The molecule has 0 fully saturated rings. The molecule has 0 bridgehead atoms. The van der Waals surface area contributed by atoms with Crippen molar-refractivity contribution in [3.63, 3.8) is 0 Å². The van der Waals surface area contributed by atoms with Crippen molar-refractivity contribution >= 4 is 11.6 Å². The van der Waals surface area contributed by atoms with Crippen molar-refractivity contribution in [1.82, 2.24) is 4.98 Å². The maximum Gasteiger partial charge on any atom is 0.145 e. The molecule has 2 N–H and O–H groups in total. The zero-order chi connectivity index (χ0) is 11.4. The van der Waals surface area contributed by atoms with Gasteiger partial charge in [-0.1, -0.05) is 17.7 Å². The largest absolute Gasteiger partial charge is 0.456 e. The zero-order valence-corrected chi connectivity index (χ0v) is 9.32. The summed E-state index contributed by atoms with van der Waals surface area (Å²) in [5.41, 5.74) is 6.28. The normalized spacial score (nSPS) is 10.1. The van der Waals surface area contributed by atoms with Crippen LogP contribution in [0.1, 0.15) is 5.69 Å². The van der Waals surface area contributed by atoms with E-state index in [0.29, 0.717) is 23.1 Å². The number of aromatic nitrogens is 1. The van der Waals surface area contributed by atoms with Gasteiger partial charge < -0.3 is 10.5 Å². The number of pyridine rings is 1. The summed E-state index contributed by atoms with van der Waals surface area (Å²) in [6.45, 7) is 0.428. The lowest BCUT2D eigenvalue weighted by Crippen LogP contribution is -1.98. The van der Waals surface area contributed by atoms with E-state index in [1.807, 2.05) is 24.3 Å². The van der Waals surface area contributed by atoms with Crippen molar-refractivity contribution in [2.45, 2.75) is 6.54 Å². The van der Waals surface area contributed by atoms with Gasteiger partial charge in [0.05, 0.1) is 11.9 Å². The minimum atomic E-state index is 0.428. The summed E-state index contributed by atoms with van der Waals surface area (Å²) in [7, 11) is 0. The van der Waals surface area contributed by atoms with Crippen LogP contribution in [0.2, 0.25) is 5.02 Å². The lowest BCUT2D eigenvalue weighted by molar-refractivity contribution is 0.480. The molecule has 0 amide bonds. The predicted molar refractivity (Wildman–Crippen MR) is 63.7 cm³/mol. The summed E-state index contributed by atoms with van der Waals surface area (Å²) in [6, 6.07) is 10.9. The summed E-state index contributed by atoms with van der Waals surface area (Å²) >= 11 is 5.85. The highest BCUT2D eigenvalue weighted by atomic mass is 35.5. The van der Waals surface area contributed by atoms with Crippen LogP contribution in [-0.2, 0) is 6.54 Å². The molecule has 82 valence electrons. The van der Waals surface area contributed by atoms with Crippen molar-refractivity contribution in [3.05, 3.63) is 53.3 Å². The Labute approximate surface area is 98.8 Å². The SMILES string of the molecule is NCc1ccc(Oc2cccc(Cl)c2)cn1. The van der Waals surface area contributed by atoms with Crippen molar-refractivity contribution in [3.8, 4) is 11.5 Å². The summed E-state index contributed by atoms with van der Waals surface area (Å²) in [6.07, 6.45) is 1.64. The van der Waals surface area contributed by atoms with E-state index in [-0.39, 0.29) is 0 Å². The van der Waals surface area contributed by atoms with Crippen LogP contribution < -0.4 is 10.5 Å². The average Bonchev–Trinajstić information content (AvgIpc) is 2.30. The Balaban J connectivity index is 2.14. The molecule has 0 aliphatic heterocycles. The Morgan fingerprint density at radius 3 is 2.69 bits per heavy atom. The maximum atomic E-state index is 5.85. The molecule has 3 nitrogen and oxygen atoms in total. The van der Waals surface area contributed by atoms with Crippen LogP contribution in [0.25, 0.3) is 0 Å². The number of hydrogen-bond acceptors (Lipinski definition) is 3. The lowest BCUT2D eigenvalue weighted by atomic mass is 10.3. The summed E-state index contributed by atoms with van der Waals surface area (Å²) < 4.78 is 5.57. The molecule has 0 spiro atoms. The highest BCUT2D eigenvalue weighted by Gasteiger charge is 1.98. The van der Waals surface area contributed by atoms with E-state index in [4.69, 9.17) is 22.1 Å². The number of ether oxygens (including phenoxy) is 1. The van der Waals surface area contributed by atoms with Crippen LogP contribution in [0.15, 0.2) is 42.6 Å². The quantitative estimate of drug-likeness (QED) is 0.888. The molecule has 0 saturated heterocycles. The van der Waals surface area contributed by atoms with E-state index < -0.39 is 0 Å². The molecule has 2 rings (SSSR count). The molecule has 1 aromatic carbocycles. The first-order chi connectivity index (χ1) is 7.78. The van der Waals surface area contributed by atoms with E-state index >= 15 is 0 Å². The van der Waals surface area contributed by atoms with Crippen molar-refractivity contribution in [2.75, 3.05) is 0 Å². The Morgan fingerprint density at radius 2 is 2.06 bits per heavy atom. The molecule has 2 aromatic rings. The molecule has 0 unspecified atom stereocenters. The van der Waals surface area contributed by atoms with Crippen LogP contribution >= 0.6 is 11.6 Å². The van der Waals surface area contributed by atoms with Crippen molar-refractivity contribution < 1.29 is 4.74 Å². The Morgan fingerprint density at radius 1 is 1.19 bits per heavy atom. The second kappa shape index (κ2) is 4.96. The minimum Gasteiger partial charge on any atom is -0.456 e. The van der Waals surface area contributed by atoms with E-state index in [1.54, 1.807) is 18.3 Å². The number of benzene rings is 1. The average molecular weight is 235 g/mol. The van der Waals surface area contributed by atoms with E-state index in [2.05, 4.69) is 4.98 Å². The molecule has 1 heterocycles. The third-order valence-corrected chi connectivity index (χ3v) is 2.27. The first-order valence-corrected chi connectivity index (χ1v) is 5.24. The second-order valence-corrected chi connectivity index (χ2v) is 3.69. The second-order valence-electron chi connectivity index (χ2n) is 3.25. The van der Waals surface area contributed by atoms with Crippen LogP contribution in [0, 0.1) is 0 Å². The standard InChI is InChI=1S/C12H11ClN2O/c13-9-2-1-3-11(6-9)16-12-5-4-10(7-14)15-8-12/h1-6,8H,7,14H2. The van der Waals surface area contributed by atoms with Gasteiger partial charge in [0, 0.05) is 11.6 Å². The van der Waals surface area contributed by atoms with Gasteiger partial charge in [-0.3, -0.25) is 4.98 Å². The van der Waals surface area contributed by atoms with Crippen LogP contribution in [0.4, 0.5) is 0 Å². The number of nitrogens with two attached hydrogens (primary N) is 1. The topological polar surface area (TPSA) is 48.1 Å². The highest BCUT2D eigenvalue weighted by Crippen LogP contribution is 2.23. The molecular formula is C12H11ClN2O. The number of halogens is 1. The van der Waals surface area contributed by atoms with E-state index in [1.165, 1.54) is 0 Å². The van der Waals surface area contributed by atoms with E-state index in [9.17, 15) is 0 Å². The number of rotatable bonds is 3. The third kappa shape index (κ3) is 2.72. The van der Waals surface area contributed by atoms with Crippen LogP contribution in [0.5, 0.6) is 11.5 Å². The van der Waals surface area contributed by atoms with Crippen molar-refractivity contribution in [1.29, 1.82) is 0 Å². The smallest absolute Gasteiger partial charge is 0.145 e. The summed E-state index contributed by atoms with van der Waals surface area (Å²) in [4.78, 5) is 4.13. The summed E-state index contributed by atoms with van der Waals surface area (Å²) in [5, 5.41) is 0.643. The molecular weight excluding hydrogens is 224 g/mol. The van der Waals surface area contributed by atoms with Gasteiger partial charge in [-0.25, -0.2) is 0 Å². The zero-order valence-electron chi connectivity index (χ0n) is 8.56. The Hall–Kier alpha value is -1.58. The maximum absolute atomic E-state index is 5.85. The van der Waals surface area contributed by atoms with Gasteiger partial charge >= 0.3 is 0 Å². The molecule has 0 atom stereocenters. The van der Waals surface area contributed by atoms with Gasteiger partial charge in [-0.15, -0.1) is 0 Å². The molecule has 0 aliphatic rings. The lowest BCUT2D eigenvalue weighted by Gasteiger charge is -2.05. The Kier molecular flexibility index (Phi) is 3.39. The van der Waals surface area contributed by atoms with Crippen LogP contribution in [-0.4, -0.2) is 4.98 Å². The van der Waals surface area contributed by atoms with Crippen LogP contribution in [0.3, 0.4) is 0 Å². The van der Waals surface area contributed by atoms with Gasteiger partial charge in [0.2, 0.25) is 0 Å². The van der Waals surface area contributed by atoms with Gasteiger partial charge in [0.25, 0.3) is 0 Å². The van der Waals surface area contributed by atoms with Crippen molar-refractivity contribution in [2.24, 2.45) is 5.73 Å². The molecule has 0 aliphatic carbocycles. The predicted octanol–water partition coefficient (Wildman–Crippen LogP) is 2.99. The molecule has 16 heavy (non-hydrogen) atoms. The monoisotopic (exact) mass is 234 g/mol. The molecule has 4 heteroatoms. The van der Waals surface area contributed by atoms with Gasteiger partial charge in [-0.2, -0.15) is 0 Å². The fourth-order valence-corrected chi connectivity index (χ4v) is 1.44. The van der Waals surface area contributed by atoms with Gasteiger partial charge in [0.1, 0.15) is 11.5 Å². The third-order valence-electron chi connectivity index (χ3n) is 2.04. The first-order valence-electron chi connectivity index (χ1n) is 4.86.